The SMILES string of the molecule is Oc1cncc(F)c1-c1[nH]c2cccnc2c1-c1ccccc1. The fourth-order valence-electron chi connectivity index (χ4n) is 2.77. The van der Waals surface area contributed by atoms with Gasteiger partial charge in [0.25, 0.3) is 0 Å². The number of hydrogen-bond acceptors (Lipinski definition) is 3. The molecule has 3 aromatic heterocycles. The van der Waals surface area contributed by atoms with Crippen LogP contribution in [0.2, 0.25) is 0 Å². The summed E-state index contributed by atoms with van der Waals surface area (Å²) in [5, 5.41) is 10.1. The van der Waals surface area contributed by atoms with Gasteiger partial charge in [-0.15, -0.1) is 0 Å². The lowest BCUT2D eigenvalue weighted by Crippen LogP contribution is -1.90. The van der Waals surface area contributed by atoms with E-state index in [1.165, 1.54) is 6.20 Å². The monoisotopic (exact) mass is 305 g/mol. The van der Waals surface area contributed by atoms with Crippen LogP contribution in [0.1, 0.15) is 0 Å². The van der Waals surface area contributed by atoms with Gasteiger partial charge < -0.3 is 10.1 Å². The van der Waals surface area contributed by atoms with E-state index >= 15 is 0 Å². The number of aromatic amines is 1. The van der Waals surface area contributed by atoms with Gasteiger partial charge in [-0.2, -0.15) is 0 Å². The average molecular weight is 305 g/mol. The van der Waals surface area contributed by atoms with Crippen molar-refractivity contribution in [2.24, 2.45) is 0 Å². The smallest absolute Gasteiger partial charge is 0.154 e. The zero-order valence-electron chi connectivity index (χ0n) is 12.0. The van der Waals surface area contributed by atoms with Crippen molar-refractivity contribution in [1.82, 2.24) is 15.0 Å². The highest BCUT2D eigenvalue weighted by Gasteiger charge is 2.21. The van der Waals surface area contributed by atoms with Crippen molar-refractivity contribution in [3.63, 3.8) is 0 Å². The predicted molar refractivity (Wildman–Crippen MR) is 86.4 cm³/mol. The van der Waals surface area contributed by atoms with Gasteiger partial charge in [0.2, 0.25) is 0 Å². The lowest BCUT2D eigenvalue weighted by molar-refractivity contribution is 0.468. The Kier molecular flexibility index (Phi) is 3.05. The number of nitrogens with one attached hydrogen (secondary N) is 1. The summed E-state index contributed by atoms with van der Waals surface area (Å²) >= 11 is 0. The van der Waals surface area contributed by atoms with Crippen LogP contribution < -0.4 is 0 Å². The van der Waals surface area contributed by atoms with E-state index in [1.807, 2.05) is 36.4 Å². The van der Waals surface area contributed by atoms with Crippen molar-refractivity contribution in [2.45, 2.75) is 0 Å². The largest absolute Gasteiger partial charge is 0.506 e. The number of benzene rings is 1. The molecule has 0 atom stereocenters. The standard InChI is InChI=1S/C18H12FN3O/c19-12-9-20-10-14(23)16(12)18-15(11-5-2-1-3-6-11)17-13(22-18)7-4-8-21-17/h1-10,22-23H. The Morgan fingerprint density at radius 1 is 0.957 bits per heavy atom. The number of aromatic nitrogens is 3. The van der Waals surface area contributed by atoms with Crippen LogP contribution in [0, 0.1) is 5.82 Å². The van der Waals surface area contributed by atoms with Crippen molar-refractivity contribution < 1.29 is 9.50 Å². The van der Waals surface area contributed by atoms with Gasteiger partial charge in [-0.25, -0.2) is 4.39 Å². The fourth-order valence-corrected chi connectivity index (χ4v) is 2.77. The maximum absolute atomic E-state index is 14.3. The Morgan fingerprint density at radius 2 is 1.78 bits per heavy atom. The minimum absolute atomic E-state index is 0.0943. The maximum atomic E-state index is 14.3. The first-order valence-electron chi connectivity index (χ1n) is 7.10. The molecule has 0 unspecified atom stereocenters. The minimum Gasteiger partial charge on any atom is -0.506 e. The Morgan fingerprint density at radius 3 is 2.57 bits per heavy atom. The van der Waals surface area contributed by atoms with Gasteiger partial charge in [0, 0.05) is 11.8 Å². The third kappa shape index (κ3) is 2.14. The highest BCUT2D eigenvalue weighted by molar-refractivity contribution is 6.02. The molecule has 23 heavy (non-hydrogen) atoms. The van der Waals surface area contributed by atoms with Crippen molar-refractivity contribution in [1.29, 1.82) is 0 Å². The Balaban J connectivity index is 2.12. The van der Waals surface area contributed by atoms with E-state index in [0.717, 1.165) is 28.4 Å². The summed E-state index contributed by atoms with van der Waals surface area (Å²) in [6.07, 6.45) is 4.00. The fraction of sp³-hybridized carbons (Fsp3) is 0. The summed E-state index contributed by atoms with van der Waals surface area (Å²) in [5.74, 6) is -0.803. The van der Waals surface area contributed by atoms with Gasteiger partial charge in [-0.1, -0.05) is 30.3 Å². The second-order valence-corrected chi connectivity index (χ2v) is 5.16. The number of fused-ring (bicyclic) bond motifs is 1. The highest BCUT2D eigenvalue weighted by Crippen LogP contribution is 2.41. The van der Waals surface area contributed by atoms with Crippen LogP contribution in [0.15, 0.2) is 61.1 Å². The molecule has 4 rings (SSSR count). The normalized spacial score (nSPS) is 11.0. The Labute approximate surface area is 131 Å². The molecule has 112 valence electrons. The molecule has 0 fully saturated rings. The summed E-state index contributed by atoms with van der Waals surface area (Å²) in [5.41, 5.74) is 3.73. The highest BCUT2D eigenvalue weighted by atomic mass is 19.1. The van der Waals surface area contributed by atoms with E-state index in [9.17, 15) is 9.50 Å². The average Bonchev–Trinajstić information content (AvgIpc) is 2.94. The molecule has 0 bridgehead atoms. The van der Waals surface area contributed by atoms with E-state index in [2.05, 4.69) is 15.0 Å². The molecule has 1 aromatic carbocycles. The first-order valence-corrected chi connectivity index (χ1v) is 7.10. The molecule has 2 N–H and O–H groups in total. The van der Waals surface area contributed by atoms with Crippen molar-refractivity contribution in [3.8, 4) is 28.1 Å². The molecule has 0 radical (unpaired) electrons. The number of halogens is 1. The summed E-state index contributed by atoms with van der Waals surface area (Å²) in [7, 11) is 0. The molecular weight excluding hydrogens is 293 g/mol. The van der Waals surface area contributed by atoms with Crippen LogP contribution >= 0.6 is 0 Å². The van der Waals surface area contributed by atoms with Gasteiger partial charge in [0.1, 0.15) is 5.75 Å². The van der Waals surface area contributed by atoms with E-state index in [1.54, 1.807) is 12.3 Å². The zero-order chi connectivity index (χ0) is 15.8. The summed E-state index contributed by atoms with van der Waals surface area (Å²) in [6.45, 7) is 0. The van der Waals surface area contributed by atoms with Crippen LogP contribution in [0.25, 0.3) is 33.4 Å². The van der Waals surface area contributed by atoms with E-state index in [0.29, 0.717) is 5.69 Å². The van der Waals surface area contributed by atoms with Gasteiger partial charge in [0.15, 0.2) is 5.82 Å². The van der Waals surface area contributed by atoms with Crippen molar-refractivity contribution >= 4 is 11.0 Å². The number of aromatic hydroxyl groups is 1. The molecule has 0 aliphatic heterocycles. The Bertz CT molecular complexity index is 976. The quantitative estimate of drug-likeness (QED) is 0.585. The number of pyridine rings is 2. The zero-order valence-corrected chi connectivity index (χ0v) is 12.0. The second-order valence-electron chi connectivity index (χ2n) is 5.16. The minimum atomic E-state index is -0.589. The Hall–Kier alpha value is -3.21. The molecule has 4 nitrogen and oxygen atoms in total. The molecule has 0 aliphatic rings. The van der Waals surface area contributed by atoms with Crippen molar-refractivity contribution in [2.75, 3.05) is 0 Å². The van der Waals surface area contributed by atoms with Crippen LogP contribution in [-0.2, 0) is 0 Å². The molecule has 0 amide bonds. The number of rotatable bonds is 2. The molecule has 3 heterocycles. The third-order valence-electron chi connectivity index (χ3n) is 3.75. The lowest BCUT2D eigenvalue weighted by atomic mass is 10.0. The molecular formula is C18H12FN3O. The van der Waals surface area contributed by atoms with Crippen LogP contribution in [0.3, 0.4) is 0 Å². The summed E-state index contributed by atoms with van der Waals surface area (Å²) in [4.78, 5) is 11.3. The number of H-pyrrole nitrogens is 1. The summed E-state index contributed by atoms with van der Waals surface area (Å²) < 4.78 is 14.3. The van der Waals surface area contributed by atoms with Crippen LogP contribution in [-0.4, -0.2) is 20.1 Å². The maximum Gasteiger partial charge on any atom is 0.154 e. The molecule has 0 spiro atoms. The van der Waals surface area contributed by atoms with E-state index in [4.69, 9.17) is 0 Å². The van der Waals surface area contributed by atoms with Gasteiger partial charge in [-0.05, 0) is 17.7 Å². The first kappa shape index (κ1) is 13.5. The summed E-state index contributed by atoms with van der Waals surface area (Å²) in [6, 6.07) is 13.3. The number of nitrogens with zero attached hydrogens (tertiary/aromatic N) is 2. The van der Waals surface area contributed by atoms with Crippen LogP contribution in [0.4, 0.5) is 4.39 Å². The molecule has 0 aliphatic carbocycles. The van der Waals surface area contributed by atoms with Gasteiger partial charge in [-0.3, -0.25) is 9.97 Å². The van der Waals surface area contributed by atoms with Gasteiger partial charge >= 0.3 is 0 Å². The first-order chi connectivity index (χ1) is 11.3. The third-order valence-corrected chi connectivity index (χ3v) is 3.75. The predicted octanol–water partition coefficient (Wildman–Crippen LogP) is 4.14. The van der Waals surface area contributed by atoms with E-state index in [-0.39, 0.29) is 11.3 Å². The van der Waals surface area contributed by atoms with E-state index < -0.39 is 5.82 Å². The molecule has 0 saturated heterocycles. The molecule has 4 aromatic rings. The lowest BCUT2D eigenvalue weighted by Gasteiger charge is -2.07. The second kappa shape index (κ2) is 5.21. The van der Waals surface area contributed by atoms with Crippen LogP contribution in [0.5, 0.6) is 5.75 Å². The molecule has 0 saturated carbocycles. The topological polar surface area (TPSA) is 61.8 Å². The number of hydrogen-bond donors (Lipinski definition) is 2. The molecule has 5 heteroatoms. The van der Waals surface area contributed by atoms with Gasteiger partial charge in [0.05, 0.1) is 34.7 Å². The van der Waals surface area contributed by atoms with Crippen molar-refractivity contribution in [3.05, 3.63) is 66.9 Å².